The summed E-state index contributed by atoms with van der Waals surface area (Å²) in [5, 5.41) is 7.99. The van der Waals surface area contributed by atoms with Gasteiger partial charge < -0.3 is 4.90 Å². The van der Waals surface area contributed by atoms with E-state index in [4.69, 9.17) is 5.41 Å². The predicted octanol–water partition coefficient (Wildman–Crippen LogP) is 2.50. The third kappa shape index (κ3) is 2.04. The summed E-state index contributed by atoms with van der Waals surface area (Å²) in [5.41, 5.74) is 0. The molecule has 1 saturated carbocycles. The molecule has 0 spiro atoms. The zero-order valence-corrected chi connectivity index (χ0v) is 8.55. The molecule has 2 heteroatoms. The lowest BCUT2D eigenvalue weighted by Gasteiger charge is -2.34. The molecule has 0 amide bonds. The molecule has 0 aromatic rings. The lowest BCUT2D eigenvalue weighted by Crippen LogP contribution is -2.40. The van der Waals surface area contributed by atoms with E-state index in [1.807, 2.05) is 0 Å². The number of amidine groups is 1. The van der Waals surface area contributed by atoms with E-state index in [0.29, 0.717) is 5.92 Å². The van der Waals surface area contributed by atoms with Gasteiger partial charge in [0, 0.05) is 19.0 Å². The van der Waals surface area contributed by atoms with Crippen molar-refractivity contribution in [3.05, 3.63) is 0 Å². The lowest BCUT2D eigenvalue weighted by molar-refractivity contribution is 0.247. The normalized spacial score (nSPS) is 29.0. The van der Waals surface area contributed by atoms with Crippen molar-refractivity contribution >= 4 is 5.84 Å². The van der Waals surface area contributed by atoms with Crippen LogP contribution in [0.2, 0.25) is 0 Å². The quantitative estimate of drug-likeness (QED) is 0.513. The number of nitrogens with zero attached hydrogens (tertiary/aromatic N) is 1. The minimum Gasteiger partial charge on any atom is -0.360 e. The van der Waals surface area contributed by atoms with Crippen LogP contribution in [0.4, 0.5) is 0 Å². The molecule has 1 atom stereocenters. The molecule has 2 aliphatic rings. The van der Waals surface area contributed by atoms with Crippen LogP contribution in [0.25, 0.3) is 0 Å². The highest BCUT2D eigenvalue weighted by molar-refractivity contribution is 5.83. The summed E-state index contributed by atoms with van der Waals surface area (Å²) >= 11 is 0. The van der Waals surface area contributed by atoms with Crippen molar-refractivity contribution in [1.82, 2.24) is 4.90 Å². The van der Waals surface area contributed by atoms with Gasteiger partial charge in [-0.25, -0.2) is 0 Å². The summed E-state index contributed by atoms with van der Waals surface area (Å²) in [5.74, 6) is 2.43. The molecule has 2 nitrogen and oxygen atoms in total. The third-order valence-corrected chi connectivity index (χ3v) is 3.40. The molecule has 0 radical (unpaired) electrons. The van der Waals surface area contributed by atoms with E-state index in [2.05, 4.69) is 11.8 Å². The van der Waals surface area contributed by atoms with Crippen LogP contribution in [0, 0.1) is 17.2 Å². The summed E-state index contributed by atoms with van der Waals surface area (Å²) in [6.45, 7) is 4.58. The fourth-order valence-electron chi connectivity index (χ4n) is 2.23. The summed E-state index contributed by atoms with van der Waals surface area (Å²) < 4.78 is 0. The van der Waals surface area contributed by atoms with Crippen LogP contribution in [0.15, 0.2) is 0 Å². The Morgan fingerprint density at radius 1 is 1.38 bits per heavy atom. The first kappa shape index (κ1) is 9.04. The van der Waals surface area contributed by atoms with E-state index in [9.17, 15) is 0 Å². The molecule has 1 N–H and O–H groups in total. The molecule has 74 valence electrons. The molecule has 13 heavy (non-hydrogen) atoms. The topological polar surface area (TPSA) is 27.1 Å². The van der Waals surface area contributed by atoms with Gasteiger partial charge in [-0.05, 0) is 31.6 Å². The number of nitrogens with one attached hydrogen (secondary N) is 1. The van der Waals surface area contributed by atoms with Crippen LogP contribution in [-0.2, 0) is 0 Å². The van der Waals surface area contributed by atoms with Crippen LogP contribution in [0.1, 0.15) is 39.0 Å². The van der Waals surface area contributed by atoms with Crippen LogP contribution in [-0.4, -0.2) is 23.8 Å². The van der Waals surface area contributed by atoms with Crippen LogP contribution in [0.3, 0.4) is 0 Å². The molecular formula is C11H20N2. The van der Waals surface area contributed by atoms with E-state index in [1.54, 1.807) is 0 Å². The number of hydrogen-bond acceptors (Lipinski definition) is 1. The van der Waals surface area contributed by atoms with E-state index in [1.165, 1.54) is 32.1 Å². The van der Waals surface area contributed by atoms with Gasteiger partial charge in [-0.1, -0.05) is 13.3 Å². The molecule has 1 heterocycles. The summed E-state index contributed by atoms with van der Waals surface area (Å²) in [6.07, 6.45) is 6.51. The smallest absolute Gasteiger partial charge is 0.0989 e. The van der Waals surface area contributed by atoms with Gasteiger partial charge in [0.2, 0.25) is 0 Å². The van der Waals surface area contributed by atoms with Crippen molar-refractivity contribution in [2.45, 2.75) is 39.0 Å². The first-order chi connectivity index (χ1) is 6.31. The number of hydrogen-bond donors (Lipinski definition) is 1. The van der Waals surface area contributed by atoms with Crippen LogP contribution >= 0.6 is 0 Å². The van der Waals surface area contributed by atoms with Gasteiger partial charge in [0.25, 0.3) is 0 Å². The Labute approximate surface area is 80.8 Å². The number of piperidine rings is 1. The Morgan fingerprint density at radius 2 is 2.15 bits per heavy atom. The zero-order chi connectivity index (χ0) is 9.26. The molecule has 0 bridgehead atoms. The Kier molecular flexibility index (Phi) is 2.56. The van der Waals surface area contributed by atoms with E-state index >= 15 is 0 Å². The second-order valence-electron chi connectivity index (χ2n) is 4.52. The van der Waals surface area contributed by atoms with Gasteiger partial charge in [-0.15, -0.1) is 0 Å². The Morgan fingerprint density at radius 3 is 2.77 bits per heavy atom. The molecule has 0 aromatic heterocycles. The minimum atomic E-state index is 0.635. The largest absolute Gasteiger partial charge is 0.360 e. The Bertz CT molecular complexity index is 196. The highest BCUT2D eigenvalue weighted by Gasteiger charge is 2.31. The van der Waals surface area contributed by atoms with Crippen molar-refractivity contribution in [3.8, 4) is 0 Å². The summed E-state index contributed by atoms with van der Waals surface area (Å²) in [6, 6.07) is 0. The second kappa shape index (κ2) is 3.69. The van der Waals surface area contributed by atoms with Crippen LogP contribution in [0.5, 0.6) is 0 Å². The average molecular weight is 180 g/mol. The monoisotopic (exact) mass is 180 g/mol. The minimum absolute atomic E-state index is 0.635. The predicted molar refractivity (Wildman–Crippen MR) is 55.0 cm³/mol. The van der Waals surface area contributed by atoms with E-state index in [-0.39, 0.29) is 0 Å². The van der Waals surface area contributed by atoms with Crippen molar-refractivity contribution in [3.63, 3.8) is 0 Å². The van der Waals surface area contributed by atoms with Gasteiger partial charge in [0.15, 0.2) is 0 Å². The second-order valence-corrected chi connectivity index (χ2v) is 4.52. The molecular weight excluding hydrogens is 160 g/mol. The van der Waals surface area contributed by atoms with Gasteiger partial charge in [-0.2, -0.15) is 0 Å². The highest BCUT2D eigenvalue weighted by atomic mass is 15.2. The number of likely N-dealkylation sites (tertiary alicyclic amines) is 1. The fraction of sp³-hybridized carbons (Fsp3) is 0.909. The highest BCUT2D eigenvalue weighted by Crippen LogP contribution is 2.33. The van der Waals surface area contributed by atoms with Crippen molar-refractivity contribution in [1.29, 1.82) is 5.41 Å². The maximum Gasteiger partial charge on any atom is 0.0989 e. The maximum atomic E-state index is 7.99. The fourth-order valence-corrected chi connectivity index (χ4v) is 2.23. The van der Waals surface area contributed by atoms with E-state index in [0.717, 1.165) is 24.8 Å². The average Bonchev–Trinajstić information content (AvgIpc) is 3.00. The van der Waals surface area contributed by atoms with Gasteiger partial charge in [0.05, 0.1) is 5.84 Å². The SMILES string of the molecule is CCC1CCCN(C(=N)C2CC2)C1. The van der Waals surface area contributed by atoms with Gasteiger partial charge in [-0.3, -0.25) is 5.41 Å². The molecule has 1 aliphatic heterocycles. The molecule has 1 aliphatic carbocycles. The van der Waals surface area contributed by atoms with Crippen molar-refractivity contribution < 1.29 is 0 Å². The zero-order valence-electron chi connectivity index (χ0n) is 8.55. The van der Waals surface area contributed by atoms with Crippen molar-refractivity contribution in [2.24, 2.45) is 11.8 Å². The first-order valence-corrected chi connectivity index (χ1v) is 5.64. The Hall–Kier alpha value is -0.530. The van der Waals surface area contributed by atoms with Crippen molar-refractivity contribution in [2.75, 3.05) is 13.1 Å². The van der Waals surface area contributed by atoms with Crippen LogP contribution < -0.4 is 0 Å². The third-order valence-electron chi connectivity index (χ3n) is 3.40. The summed E-state index contributed by atoms with van der Waals surface area (Å²) in [4.78, 5) is 2.33. The standard InChI is InChI=1S/C11H20N2/c1-2-9-4-3-7-13(8-9)11(12)10-5-6-10/h9-10,12H,2-8H2,1H3. The Balaban J connectivity index is 1.87. The lowest BCUT2D eigenvalue weighted by atomic mass is 9.95. The van der Waals surface area contributed by atoms with Gasteiger partial charge in [0.1, 0.15) is 0 Å². The number of rotatable bonds is 2. The molecule has 2 fully saturated rings. The maximum absolute atomic E-state index is 7.99. The molecule has 0 aromatic carbocycles. The summed E-state index contributed by atoms with van der Waals surface area (Å²) in [7, 11) is 0. The molecule has 1 saturated heterocycles. The van der Waals surface area contributed by atoms with E-state index < -0.39 is 0 Å². The van der Waals surface area contributed by atoms with Gasteiger partial charge >= 0.3 is 0 Å². The first-order valence-electron chi connectivity index (χ1n) is 5.64. The molecule has 1 unspecified atom stereocenters. The molecule has 2 rings (SSSR count).